The Kier molecular flexibility index (Phi) is 5.71. The number of benzene rings is 2. The first-order chi connectivity index (χ1) is 12.6. The standard InChI is InChI=1S/C19H14Cl2N2O3/c20-10-15(24)23-19-17(12-6-2-1-3-7-12)18(26-16(25)11-21)13-8-4-5-9-14(13)22-19/h1-9H,10-11H2,(H,22,23,24). The van der Waals surface area contributed by atoms with Crippen LogP contribution in [0.5, 0.6) is 5.75 Å². The predicted octanol–water partition coefficient (Wildman–Crippen LogP) is 4.22. The van der Waals surface area contributed by atoms with E-state index in [0.717, 1.165) is 5.56 Å². The zero-order chi connectivity index (χ0) is 18.5. The smallest absolute Gasteiger partial charge is 0.326 e. The van der Waals surface area contributed by atoms with Gasteiger partial charge in [-0.25, -0.2) is 4.98 Å². The number of carbonyl (C=O) groups excluding carboxylic acids is 2. The molecule has 1 heterocycles. The van der Waals surface area contributed by atoms with Gasteiger partial charge in [-0.2, -0.15) is 0 Å². The van der Waals surface area contributed by atoms with E-state index in [-0.39, 0.29) is 23.3 Å². The van der Waals surface area contributed by atoms with Crippen LogP contribution in [0.4, 0.5) is 5.82 Å². The van der Waals surface area contributed by atoms with E-state index in [9.17, 15) is 9.59 Å². The fraction of sp³-hybridized carbons (Fsp3) is 0.105. The van der Waals surface area contributed by atoms with Crippen molar-refractivity contribution >= 4 is 51.8 Å². The van der Waals surface area contributed by atoms with Gasteiger partial charge < -0.3 is 10.1 Å². The Hall–Kier alpha value is -2.63. The molecule has 0 spiro atoms. The quantitative estimate of drug-likeness (QED) is 0.524. The lowest BCUT2D eigenvalue weighted by molar-refractivity contribution is -0.131. The molecule has 1 amide bonds. The van der Waals surface area contributed by atoms with Gasteiger partial charge in [0.15, 0.2) is 5.75 Å². The Labute approximate surface area is 159 Å². The number of hydrogen-bond donors (Lipinski definition) is 1. The van der Waals surface area contributed by atoms with Gasteiger partial charge in [0, 0.05) is 5.39 Å². The highest BCUT2D eigenvalue weighted by molar-refractivity contribution is 6.29. The molecule has 26 heavy (non-hydrogen) atoms. The molecule has 3 aromatic rings. The second kappa shape index (κ2) is 8.17. The summed E-state index contributed by atoms with van der Waals surface area (Å²) in [6, 6.07) is 16.4. The molecule has 1 N–H and O–H groups in total. The summed E-state index contributed by atoms with van der Waals surface area (Å²) in [5, 5.41) is 3.31. The molecule has 5 nitrogen and oxygen atoms in total. The molecule has 7 heteroatoms. The van der Waals surface area contributed by atoms with Gasteiger partial charge in [-0.1, -0.05) is 42.5 Å². The Morgan fingerprint density at radius 1 is 0.962 bits per heavy atom. The third kappa shape index (κ3) is 3.79. The SMILES string of the molecule is O=C(CCl)Nc1nc2ccccc2c(OC(=O)CCl)c1-c1ccccc1. The van der Waals surface area contributed by atoms with E-state index in [1.165, 1.54) is 0 Å². The number of carbonyl (C=O) groups is 2. The summed E-state index contributed by atoms with van der Waals surface area (Å²) < 4.78 is 5.52. The van der Waals surface area contributed by atoms with Crippen LogP contribution < -0.4 is 10.1 Å². The second-order valence-corrected chi connectivity index (χ2v) is 5.87. The van der Waals surface area contributed by atoms with Crippen molar-refractivity contribution in [3.05, 3.63) is 54.6 Å². The number of aromatic nitrogens is 1. The molecule has 2 aromatic carbocycles. The molecular formula is C19H14Cl2N2O3. The minimum atomic E-state index is -0.602. The third-order valence-corrected chi connectivity index (χ3v) is 4.07. The van der Waals surface area contributed by atoms with Crippen LogP contribution in [0.3, 0.4) is 0 Å². The largest absolute Gasteiger partial charge is 0.424 e. The number of esters is 1. The summed E-state index contributed by atoms with van der Waals surface area (Å²) in [4.78, 5) is 28.3. The normalized spacial score (nSPS) is 10.5. The highest BCUT2D eigenvalue weighted by atomic mass is 35.5. The van der Waals surface area contributed by atoms with Crippen molar-refractivity contribution in [3.8, 4) is 16.9 Å². The van der Waals surface area contributed by atoms with Gasteiger partial charge in [-0.3, -0.25) is 9.59 Å². The van der Waals surface area contributed by atoms with Gasteiger partial charge >= 0.3 is 5.97 Å². The Balaban J connectivity index is 2.32. The zero-order valence-electron chi connectivity index (χ0n) is 13.5. The number of anilines is 1. The van der Waals surface area contributed by atoms with E-state index >= 15 is 0 Å². The van der Waals surface area contributed by atoms with Crippen molar-refractivity contribution in [2.45, 2.75) is 0 Å². The first-order valence-electron chi connectivity index (χ1n) is 7.74. The van der Waals surface area contributed by atoms with Crippen molar-refractivity contribution < 1.29 is 14.3 Å². The molecule has 0 fully saturated rings. The van der Waals surface area contributed by atoms with Crippen LogP contribution in [-0.2, 0) is 9.59 Å². The Bertz CT molecular complexity index is 962. The summed E-state index contributed by atoms with van der Waals surface area (Å²) in [5.74, 6) is -0.986. The maximum Gasteiger partial charge on any atom is 0.326 e. The number of ether oxygens (including phenoxy) is 1. The van der Waals surface area contributed by atoms with E-state index in [4.69, 9.17) is 27.9 Å². The summed E-state index contributed by atoms with van der Waals surface area (Å²) in [7, 11) is 0. The summed E-state index contributed by atoms with van der Waals surface area (Å²) in [6.45, 7) is 0. The zero-order valence-corrected chi connectivity index (χ0v) is 15.1. The molecule has 0 saturated heterocycles. The van der Waals surface area contributed by atoms with Crippen LogP contribution in [0.25, 0.3) is 22.0 Å². The fourth-order valence-corrected chi connectivity index (χ4v) is 2.68. The molecule has 0 unspecified atom stereocenters. The third-order valence-electron chi connectivity index (χ3n) is 3.61. The summed E-state index contributed by atoms with van der Waals surface area (Å²) in [5.41, 5.74) is 1.78. The van der Waals surface area contributed by atoms with E-state index in [1.54, 1.807) is 18.2 Å². The number of hydrogen-bond acceptors (Lipinski definition) is 4. The molecule has 3 rings (SSSR count). The van der Waals surface area contributed by atoms with Crippen LogP contribution in [0.1, 0.15) is 0 Å². The van der Waals surface area contributed by atoms with E-state index in [0.29, 0.717) is 16.5 Å². The van der Waals surface area contributed by atoms with E-state index < -0.39 is 11.9 Å². The monoisotopic (exact) mass is 388 g/mol. The number of halogens is 2. The first-order valence-corrected chi connectivity index (χ1v) is 8.81. The lowest BCUT2D eigenvalue weighted by atomic mass is 10.0. The summed E-state index contributed by atoms with van der Waals surface area (Å²) in [6.07, 6.45) is 0. The molecule has 0 bridgehead atoms. The van der Waals surface area contributed by atoms with Crippen molar-refractivity contribution in [2.24, 2.45) is 0 Å². The van der Waals surface area contributed by atoms with Gasteiger partial charge in [0.25, 0.3) is 0 Å². The number of rotatable bonds is 5. The molecule has 1 aromatic heterocycles. The topological polar surface area (TPSA) is 68.3 Å². The van der Waals surface area contributed by atoms with Crippen molar-refractivity contribution in [1.29, 1.82) is 0 Å². The summed E-state index contributed by atoms with van der Waals surface area (Å²) >= 11 is 11.2. The van der Waals surface area contributed by atoms with Gasteiger partial charge in [-0.15, -0.1) is 23.2 Å². The predicted molar refractivity (Wildman–Crippen MR) is 103 cm³/mol. The van der Waals surface area contributed by atoms with Gasteiger partial charge in [0.1, 0.15) is 17.6 Å². The molecule has 0 saturated carbocycles. The molecule has 0 aliphatic heterocycles. The van der Waals surface area contributed by atoms with Crippen LogP contribution >= 0.6 is 23.2 Å². The molecule has 0 atom stereocenters. The van der Waals surface area contributed by atoms with Crippen LogP contribution in [0.15, 0.2) is 54.6 Å². The number of pyridine rings is 1. The molecule has 132 valence electrons. The fourth-order valence-electron chi connectivity index (χ4n) is 2.56. The van der Waals surface area contributed by atoms with Crippen molar-refractivity contribution in [2.75, 3.05) is 17.1 Å². The highest BCUT2D eigenvalue weighted by Gasteiger charge is 2.21. The maximum absolute atomic E-state index is 11.9. The minimum Gasteiger partial charge on any atom is -0.424 e. The highest BCUT2D eigenvalue weighted by Crippen LogP contribution is 2.41. The lowest BCUT2D eigenvalue weighted by Crippen LogP contribution is -2.16. The average molecular weight is 389 g/mol. The second-order valence-electron chi connectivity index (χ2n) is 5.34. The molecule has 0 aliphatic rings. The lowest BCUT2D eigenvalue weighted by Gasteiger charge is -2.17. The molecular weight excluding hydrogens is 375 g/mol. The number of para-hydroxylation sites is 1. The Morgan fingerprint density at radius 2 is 1.65 bits per heavy atom. The van der Waals surface area contributed by atoms with E-state index in [1.807, 2.05) is 36.4 Å². The number of amides is 1. The first kappa shape index (κ1) is 18.2. The maximum atomic E-state index is 11.9. The van der Waals surface area contributed by atoms with Gasteiger partial charge in [-0.05, 0) is 17.7 Å². The average Bonchev–Trinajstić information content (AvgIpc) is 2.68. The van der Waals surface area contributed by atoms with Crippen molar-refractivity contribution in [3.63, 3.8) is 0 Å². The number of fused-ring (bicyclic) bond motifs is 1. The minimum absolute atomic E-state index is 0.223. The van der Waals surface area contributed by atoms with Crippen LogP contribution in [0.2, 0.25) is 0 Å². The number of alkyl halides is 2. The number of nitrogens with one attached hydrogen (secondary N) is 1. The molecule has 0 radical (unpaired) electrons. The Morgan fingerprint density at radius 3 is 2.35 bits per heavy atom. The van der Waals surface area contributed by atoms with Crippen molar-refractivity contribution in [1.82, 2.24) is 4.98 Å². The molecule has 0 aliphatic carbocycles. The van der Waals surface area contributed by atoms with Crippen LogP contribution in [-0.4, -0.2) is 28.6 Å². The number of nitrogens with zero attached hydrogens (tertiary/aromatic N) is 1. The van der Waals surface area contributed by atoms with Gasteiger partial charge in [0.2, 0.25) is 5.91 Å². The van der Waals surface area contributed by atoms with Gasteiger partial charge in [0.05, 0.1) is 11.1 Å². The van der Waals surface area contributed by atoms with E-state index in [2.05, 4.69) is 10.3 Å². The van der Waals surface area contributed by atoms with Crippen LogP contribution in [0, 0.1) is 0 Å².